The van der Waals surface area contributed by atoms with Gasteiger partial charge in [-0.05, 0) is 24.3 Å². The highest BCUT2D eigenvalue weighted by atomic mass is 19.4. The minimum absolute atomic E-state index is 0.0576. The summed E-state index contributed by atoms with van der Waals surface area (Å²) in [5.41, 5.74) is -0.395. The molecule has 3 rings (SSSR count). The lowest BCUT2D eigenvalue weighted by Gasteiger charge is -2.20. The molecule has 0 aliphatic heterocycles. The zero-order valence-corrected chi connectivity index (χ0v) is 14.6. The Morgan fingerprint density at radius 3 is 2.33 bits per heavy atom. The number of hydrogen-bond donors (Lipinski definition) is 0. The van der Waals surface area contributed by atoms with Gasteiger partial charge in [-0.15, -0.1) is 0 Å². The van der Waals surface area contributed by atoms with Gasteiger partial charge < -0.3 is 14.4 Å². The predicted octanol–water partition coefficient (Wildman–Crippen LogP) is 5.06. The minimum atomic E-state index is -4.64. The molecule has 0 radical (unpaired) electrons. The maximum atomic E-state index is 13.3. The van der Waals surface area contributed by atoms with Gasteiger partial charge in [-0.1, -0.05) is 24.3 Å². The zero-order chi connectivity index (χ0) is 19.4. The third-order valence-electron chi connectivity index (χ3n) is 3.74. The van der Waals surface area contributed by atoms with E-state index in [0.717, 1.165) is 6.20 Å². The maximum absolute atomic E-state index is 13.3. The molecule has 0 bridgehead atoms. The van der Waals surface area contributed by atoms with Crippen molar-refractivity contribution in [2.75, 3.05) is 19.1 Å². The fourth-order valence-corrected chi connectivity index (χ4v) is 2.33. The molecule has 0 aliphatic carbocycles. The Balaban J connectivity index is 2.00. The smallest absolute Gasteiger partial charge is 0.423 e. The highest BCUT2D eigenvalue weighted by Gasteiger charge is 2.36. The monoisotopic (exact) mass is 375 g/mol. The number of methoxy groups -OCH3 is 1. The second-order valence-corrected chi connectivity index (χ2v) is 5.56. The van der Waals surface area contributed by atoms with Crippen molar-refractivity contribution >= 4 is 11.6 Å². The summed E-state index contributed by atoms with van der Waals surface area (Å²) in [6, 6.07) is 15.2. The van der Waals surface area contributed by atoms with Crippen LogP contribution in [0.15, 0.2) is 60.8 Å². The maximum Gasteiger partial charge on any atom is 0.423 e. The van der Waals surface area contributed by atoms with E-state index in [4.69, 9.17) is 9.47 Å². The van der Waals surface area contributed by atoms with Crippen molar-refractivity contribution < 1.29 is 22.6 Å². The van der Waals surface area contributed by atoms with Gasteiger partial charge in [0.1, 0.15) is 17.1 Å². The molecule has 0 spiro atoms. The quantitative estimate of drug-likeness (QED) is 0.624. The van der Waals surface area contributed by atoms with E-state index in [1.54, 1.807) is 66.5 Å². The summed E-state index contributed by atoms with van der Waals surface area (Å²) in [6.07, 6.45) is -3.92. The zero-order valence-electron chi connectivity index (χ0n) is 14.6. The largest absolute Gasteiger partial charge is 0.497 e. The van der Waals surface area contributed by atoms with Crippen LogP contribution in [0.5, 0.6) is 17.4 Å². The van der Waals surface area contributed by atoms with E-state index in [9.17, 15) is 13.2 Å². The molecule has 0 N–H and O–H groups in total. The molecule has 5 nitrogen and oxygen atoms in total. The van der Waals surface area contributed by atoms with Gasteiger partial charge in [-0.3, -0.25) is 0 Å². The number of aromatic nitrogens is 2. The summed E-state index contributed by atoms with van der Waals surface area (Å²) in [5.74, 6) is 0.347. The first-order valence-electron chi connectivity index (χ1n) is 7.93. The number of benzene rings is 2. The summed E-state index contributed by atoms with van der Waals surface area (Å²) in [6.45, 7) is 0. The van der Waals surface area contributed by atoms with Crippen molar-refractivity contribution in [3.63, 3.8) is 0 Å². The first-order valence-corrected chi connectivity index (χ1v) is 7.93. The molecular formula is C19H16F3N3O2. The van der Waals surface area contributed by atoms with Gasteiger partial charge in [-0.2, -0.15) is 18.2 Å². The number of ether oxygens (including phenoxy) is 2. The molecule has 1 aromatic heterocycles. The average Bonchev–Trinajstić information content (AvgIpc) is 2.67. The van der Waals surface area contributed by atoms with E-state index in [2.05, 4.69) is 9.97 Å². The summed E-state index contributed by atoms with van der Waals surface area (Å²) in [4.78, 5) is 9.39. The summed E-state index contributed by atoms with van der Waals surface area (Å²) in [5, 5.41) is 0. The molecule has 8 heteroatoms. The topological polar surface area (TPSA) is 47.5 Å². The predicted molar refractivity (Wildman–Crippen MR) is 94.6 cm³/mol. The molecule has 27 heavy (non-hydrogen) atoms. The third kappa shape index (κ3) is 4.28. The fraction of sp³-hybridized carbons (Fsp3) is 0.158. The highest BCUT2D eigenvalue weighted by molar-refractivity contribution is 5.59. The Morgan fingerprint density at radius 1 is 0.963 bits per heavy atom. The highest BCUT2D eigenvalue weighted by Crippen LogP contribution is 2.38. The van der Waals surface area contributed by atoms with Crippen LogP contribution in [-0.2, 0) is 6.18 Å². The average molecular weight is 375 g/mol. The summed E-state index contributed by atoms with van der Waals surface area (Å²) >= 11 is 0. The van der Waals surface area contributed by atoms with Gasteiger partial charge in [0, 0.05) is 25.0 Å². The molecule has 2 aromatic carbocycles. The van der Waals surface area contributed by atoms with Gasteiger partial charge >= 0.3 is 6.18 Å². The second kappa shape index (κ2) is 7.53. The number of hydrogen-bond acceptors (Lipinski definition) is 5. The standard InChI is InChI=1S/C19H16F3N3O2/c1-25(13-7-6-10-15(11-13)26-2)18-23-12-16(19(20,21)22)17(24-18)27-14-8-4-3-5-9-14/h3-12H,1-2H3. The molecule has 0 amide bonds. The van der Waals surface area contributed by atoms with E-state index < -0.39 is 17.6 Å². The fourth-order valence-electron chi connectivity index (χ4n) is 2.33. The lowest BCUT2D eigenvalue weighted by atomic mass is 10.3. The van der Waals surface area contributed by atoms with Crippen LogP contribution in [0.25, 0.3) is 0 Å². The molecule has 1 heterocycles. The number of rotatable bonds is 5. The van der Waals surface area contributed by atoms with Gasteiger partial charge in [0.25, 0.3) is 0 Å². The Kier molecular flexibility index (Phi) is 5.16. The van der Waals surface area contributed by atoms with Crippen molar-refractivity contribution in [2.24, 2.45) is 0 Å². The molecular weight excluding hydrogens is 359 g/mol. The van der Waals surface area contributed by atoms with Crippen LogP contribution < -0.4 is 14.4 Å². The van der Waals surface area contributed by atoms with Gasteiger partial charge in [0.15, 0.2) is 0 Å². The summed E-state index contributed by atoms with van der Waals surface area (Å²) in [7, 11) is 3.17. The van der Waals surface area contributed by atoms with E-state index in [1.165, 1.54) is 7.11 Å². The van der Waals surface area contributed by atoms with Crippen LogP contribution in [-0.4, -0.2) is 24.1 Å². The Labute approximate surface area is 154 Å². The normalized spacial score (nSPS) is 11.1. The van der Waals surface area contributed by atoms with E-state index in [-0.39, 0.29) is 11.7 Å². The first kappa shape index (κ1) is 18.5. The van der Waals surface area contributed by atoms with Crippen LogP contribution in [0.3, 0.4) is 0 Å². The minimum Gasteiger partial charge on any atom is -0.497 e. The molecule has 0 fully saturated rings. The van der Waals surface area contributed by atoms with E-state index in [1.807, 2.05) is 0 Å². The van der Waals surface area contributed by atoms with Crippen LogP contribution in [0, 0.1) is 0 Å². The SMILES string of the molecule is COc1cccc(N(C)c2ncc(C(F)(F)F)c(Oc3ccccc3)n2)c1. The van der Waals surface area contributed by atoms with Crippen LogP contribution in [0.1, 0.15) is 5.56 Å². The first-order chi connectivity index (χ1) is 12.9. The van der Waals surface area contributed by atoms with Crippen molar-refractivity contribution in [3.05, 3.63) is 66.4 Å². The van der Waals surface area contributed by atoms with Crippen LogP contribution >= 0.6 is 0 Å². The third-order valence-corrected chi connectivity index (χ3v) is 3.74. The molecule has 0 aliphatic rings. The molecule has 0 saturated carbocycles. The van der Waals surface area contributed by atoms with Crippen molar-refractivity contribution in [2.45, 2.75) is 6.18 Å². The number of para-hydroxylation sites is 1. The van der Waals surface area contributed by atoms with Gasteiger partial charge in [-0.25, -0.2) is 4.98 Å². The molecule has 0 unspecified atom stereocenters. The van der Waals surface area contributed by atoms with E-state index >= 15 is 0 Å². The van der Waals surface area contributed by atoms with Gasteiger partial charge in [0.2, 0.25) is 11.8 Å². The molecule has 0 atom stereocenters. The Bertz CT molecular complexity index is 918. The summed E-state index contributed by atoms with van der Waals surface area (Å²) < 4.78 is 50.5. The van der Waals surface area contributed by atoms with E-state index in [0.29, 0.717) is 11.4 Å². The Morgan fingerprint density at radius 2 is 1.67 bits per heavy atom. The lowest BCUT2D eigenvalue weighted by molar-refractivity contribution is -0.139. The molecule has 3 aromatic rings. The Hall–Kier alpha value is -3.29. The number of nitrogens with zero attached hydrogens (tertiary/aromatic N) is 3. The molecule has 140 valence electrons. The lowest BCUT2D eigenvalue weighted by Crippen LogP contribution is -2.16. The van der Waals surface area contributed by atoms with Crippen molar-refractivity contribution in [1.82, 2.24) is 9.97 Å². The van der Waals surface area contributed by atoms with Crippen molar-refractivity contribution in [1.29, 1.82) is 0 Å². The molecule has 0 saturated heterocycles. The van der Waals surface area contributed by atoms with Gasteiger partial charge in [0.05, 0.1) is 7.11 Å². The van der Waals surface area contributed by atoms with Crippen LogP contribution in [0.4, 0.5) is 24.8 Å². The number of alkyl halides is 3. The number of anilines is 2. The number of halogens is 3. The second-order valence-electron chi connectivity index (χ2n) is 5.56. The van der Waals surface area contributed by atoms with Crippen molar-refractivity contribution in [3.8, 4) is 17.4 Å². The van der Waals surface area contributed by atoms with Crippen LogP contribution in [0.2, 0.25) is 0 Å².